The maximum absolute atomic E-state index is 13.1. The zero-order chi connectivity index (χ0) is 21.7. The number of halogens is 1. The van der Waals surface area contributed by atoms with Gasteiger partial charge < -0.3 is 20.4 Å². The van der Waals surface area contributed by atoms with Crippen molar-refractivity contribution in [2.45, 2.75) is 32.7 Å². The van der Waals surface area contributed by atoms with Crippen molar-refractivity contribution >= 4 is 23.4 Å². The Morgan fingerprint density at radius 3 is 2.37 bits per heavy atom. The maximum Gasteiger partial charge on any atom is 0.319 e. The molecule has 0 atom stereocenters. The van der Waals surface area contributed by atoms with Crippen molar-refractivity contribution in [3.63, 3.8) is 0 Å². The molecule has 7 nitrogen and oxygen atoms in total. The summed E-state index contributed by atoms with van der Waals surface area (Å²) >= 11 is 0. The number of urea groups is 1. The first-order valence-corrected chi connectivity index (χ1v) is 10.1. The number of carbonyl (C=O) groups excluding carboxylic acids is 2. The van der Waals surface area contributed by atoms with Crippen LogP contribution in [0.5, 0.6) is 0 Å². The van der Waals surface area contributed by atoms with Crippen LogP contribution in [0, 0.1) is 5.82 Å². The number of aromatic nitrogens is 1. The number of carbonyl (C=O) groups is 2. The molecule has 2 aromatic rings. The molecule has 0 unspecified atom stereocenters. The maximum atomic E-state index is 13.1. The van der Waals surface area contributed by atoms with Gasteiger partial charge in [0, 0.05) is 37.3 Å². The van der Waals surface area contributed by atoms with Gasteiger partial charge in [0.15, 0.2) is 0 Å². The Morgan fingerprint density at radius 1 is 1.00 bits per heavy atom. The summed E-state index contributed by atoms with van der Waals surface area (Å²) in [6.45, 7) is 8.37. The number of rotatable bonds is 3. The quantitative estimate of drug-likeness (QED) is 0.808. The summed E-state index contributed by atoms with van der Waals surface area (Å²) < 4.78 is 13.1. The third kappa shape index (κ3) is 5.92. The summed E-state index contributed by atoms with van der Waals surface area (Å²) in [5.74, 6) is 0.357. The van der Waals surface area contributed by atoms with Gasteiger partial charge in [-0.15, -0.1) is 0 Å². The molecule has 0 radical (unpaired) electrons. The zero-order valence-corrected chi connectivity index (χ0v) is 17.6. The number of anilines is 2. The highest BCUT2D eigenvalue weighted by Gasteiger charge is 2.21. The van der Waals surface area contributed by atoms with E-state index in [1.54, 1.807) is 11.1 Å². The van der Waals surface area contributed by atoms with E-state index in [1.165, 1.54) is 24.3 Å². The highest BCUT2D eigenvalue weighted by atomic mass is 19.1. The molecular weight excluding hydrogens is 385 g/mol. The fraction of sp³-hybridized carbons (Fsp3) is 0.409. The Bertz CT molecular complexity index is 878. The lowest BCUT2D eigenvalue weighted by Gasteiger charge is -2.23. The zero-order valence-electron chi connectivity index (χ0n) is 17.6. The van der Waals surface area contributed by atoms with Gasteiger partial charge in [-0.3, -0.25) is 4.79 Å². The molecular formula is C22H28FN5O2. The van der Waals surface area contributed by atoms with Crippen molar-refractivity contribution < 1.29 is 14.0 Å². The molecule has 160 valence electrons. The van der Waals surface area contributed by atoms with E-state index in [4.69, 9.17) is 0 Å². The summed E-state index contributed by atoms with van der Waals surface area (Å²) in [6.07, 6.45) is 2.44. The van der Waals surface area contributed by atoms with Crippen LogP contribution in [0.15, 0.2) is 42.6 Å². The number of nitrogens with zero attached hydrogens (tertiary/aromatic N) is 3. The summed E-state index contributed by atoms with van der Waals surface area (Å²) in [5.41, 5.74) is 0.788. The van der Waals surface area contributed by atoms with Crippen molar-refractivity contribution in [1.82, 2.24) is 15.2 Å². The van der Waals surface area contributed by atoms with Gasteiger partial charge in [0.25, 0.3) is 5.91 Å². The average Bonchev–Trinajstić information content (AvgIpc) is 2.93. The predicted molar refractivity (Wildman–Crippen MR) is 115 cm³/mol. The fourth-order valence-corrected chi connectivity index (χ4v) is 3.27. The molecule has 1 aliphatic heterocycles. The van der Waals surface area contributed by atoms with E-state index in [0.29, 0.717) is 30.9 Å². The van der Waals surface area contributed by atoms with Crippen LogP contribution < -0.4 is 15.5 Å². The molecule has 1 fully saturated rings. The molecule has 3 amide bonds. The Balaban J connectivity index is 1.58. The van der Waals surface area contributed by atoms with Crippen LogP contribution in [0.25, 0.3) is 0 Å². The molecule has 1 aromatic heterocycles. The summed E-state index contributed by atoms with van der Waals surface area (Å²) in [5, 5.41) is 5.61. The molecule has 0 saturated carbocycles. The van der Waals surface area contributed by atoms with Crippen molar-refractivity contribution in [1.29, 1.82) is 0 Å². The smallest absolute Gasteiger partial charge is 0.319 e. The van der Waals surface area contributed by atoms with Crippen molar-refractivity contribution in [3.05, 3.63) is 54.0 Å². The second-order valence-corrected chi connectivity index (χ2v) is 8.37. The van der Waals surface area contributed by atoms with Gasteiger partial charge in [-0.1, -0.05) is 0 Å². The molecule has 3 rings (SSSR count). The Hall–Kier alpha value is -3.16. The van der Waals surface area contributed by atoms with Gasteiger partial charge in [-0.2, -0.15) is 0 Å². The topological polar surface area (TPSA) is 77.6 Å². The van der Waals surface area contributed by atoms with Gasteiger partial charge in [0.05, 0.1) is 11.9 Å². The van der Waals surface area contributed by atoms with Crippen LogP contribution >= 0.6 is 0 Å². The van der Waals surface area contributed by atoms with Crippen LogP contribution in [-0.2, 0) is 0 Å². The van der Waals surface area contributed by atoms with Crippen LogP contribution in [-0.4, -0.2) is 53.5 Å². The highest BCUT2D eigenvalue weighted by Crippen LogP contribution is 2.18. The van der Waals surface area contributed by atoms with E-state index in [1.807, 2.05) is 32.9 Å². The first-order chi connectivity index (χ1) is 14.2. The molecule has 2 heterocycles. The minimum absolute atomic E-state index is 0.0887. The standard InChI is InChI=1S/C22H28FN5O2/c1-22(2,3)26-21(30)25-18-9-10-19(24-15-18)27-11-4-12-28(14-13-27)20(29)16-5-7-17(23)8-6-16/h5-10,15H,4,11-14H2,1-3H3,(H2,25,26,30). The van der Waals surface area contributed by atoms with Gasteiger partial charge >= 0.3 is 6.03 Å². The van der Waals surface area contributed by atoms with Crippen LogP contribution in [0.2, 0.25) is 0 Å². The van der Waals surface area contributed by atoms with Gasteiger partial charge in [-0.25, -0.2) is 14.2 Å². The molecule has 1 aromatic carbocycles. The summed E-state index contributed by atoms with van der Waals surface area (Å²) in [4.78, 5) is 33.0. The third-order valence-corrected chi connectivity index (χ3v) is 4.69. The number of amides is 3. The van der Waals surface area contributed by atoms with Gasteiger partial charge in [-0.05, 0) is 63.6 Å². The van der Waals surface area contributed by atoms with E-state index >= 15 is 0 Å². The van der Waals surface area contributed by atoms with Gasteiger partial charge in [0.1, 0.15) is 11.6 Å². The lowest BCUT2D eigenvalue weighted by Crippen LogP contribution is -2.43. The van der Waals surface area contributed by atoms with E-state index < -0.39 is 0 Å². The average molecular weight is 413 g/mol. The van der Waals surface area contributed by atoms with Crippen molar-refractivity contribution in [3.8, 4) is 0 Å². The minimum Gasteiger partial charge on any atom is -0.355 e. The second kappa shape index (κ2) is 9.11. The third-order valence-electron chi connectivity index (χ3n) is 4.69. The number of pyridine rings is 1. The van der Waals surface area contributed by atoms with Crippen molar-refractivity contribution in [2.24, 2.45) is 0 Å². The SMILES string of the molecule is CC(C)(C)NC(=O)Nc1ccc(N2CCCN(C(=O)c3ccc(F)cc3)CC2)nc1. The first kappa shape index (κ1) is 21.5. The van der Waals surface area contributed by atoms with Crippen LogP contribution in [0.1, 0.15) is 37.6 Å². The van der Waals surface area contributed by atoms with Crippen LogP contribution in [0.4, 0.5) is 20.7 Å². The van der Waals surface area contributed by atoms with E-state index in [2.05, 4.69) is 20.5 Å². The Kier molecular flexibility index (Phi) is 6.54. The Labute approximate surface area is 176 Å². The predicted octanol–water partition coefficient (Wildman–Crippen LogP) is 3.49. The van der Waals surface area contributed by atoms with E-state index in [9.17, 15) is 14.0 Å². The van der Waals surface area contributed by atoms with E-state index in [0.717, 1.165) is 18.8 Å². The molecule has 0 aliphatic carbocycles. The molecule has 2 N–H and O–H groups in total. The van der Waals surface area contributed by atoms with Gasteiger partial charge in [0.2, 0.25) is 0 Å². The molecule has 0 bridgehead atoms. The number of nitrogens with one attached hydrogen (secondary N) is 2. The largest absolute Gasteiger partial charge is 0.355 e. The molecule has 1 aliphatic rings. The monoisotopic (exact) mass is 413 g/mol. The lowest BCUT2D eigenvalue weighted by atomic mass is 10.1. The number of benzene rings is 1. The highest BCUT2D eigenvalue weighted by molar-refractivity contribution is 5.94. The number of hydrogen-bond donors (Lipinski definition) is 2. The normalized spacial score (nSPS) is 14.8. The first-order valence-electron chi connectivity index (χ1n) is 10.1. The van der Waals surface area contributed by atoms with Crippen LogP contribution in [0.3, 0.4) is 0 Å². The molecule has 0 spiro atoms. The molecule has 1 saturated heterocycles. The number of hydrogen-bond acceptors (Lipinski definition) is 4. The molecule has 8 heteroatoms. The Morgan fingerprint density at radius 2 is 1.73 bits per heavy atom. The summed E-state index contributed by atoms with van der Waals surface area (Å²) in [6, 6.07) is 9.05. The lowest BCUT2D eigenvalue weighted by molar-refractivity contribution is 0.0767. The molecule has 30 heavy (non-hydrogen) atoms. The van der Waals surface area contributed by atoms with Crippen molar-refractivity contribution in [2.75, 3.05) is 36.4 Å². The second-order valence-electron chi connectivity index (χ2n) is 8.37. The summed E-state index contributed by atoms with van der Waals surface area (Å²) in [7, 11) is 0. The minimum atomic E-state index is -0.353. The fourth-order valence-electron chi connectivity index (χ4n) is 3.27. The van der Waals surface area contributed by atoms with E-state index in [-0.39, 0.29) is 23.3 Å².